The van der Waals surface area contributed by atoms with E-state index in [1.54, 1.807) is 51.4 Å². The molecule has 140 valence electrons. The van der Waals surface area contributed by atoms with Gasteiger partial charge in [-0.15, -0.1) is 0 Å². The Labute approximate surface area is 155 Å². The molecule has 0 saturated carbocycles. The fourth-order valence-electron chi connectivity index (χ4n) is 2.78. The topological polar surface area (TPSA) is 66.9 Å². The lowest BCUT2D eigenvalue weighted by Gasteiger charge is -2.31. The Morgan fingerprint density at radius 2 is 1.65 bits per heavy atom. The van der Waals surface area contributed by atoms with E-state index >= 15 is 0 Å². The number of para-hydroxylation sites is 1. The summed E-state index contributed by atoms with van der Waals surface area (Å²) in [6, 6.07) is 15.2. The number of amides is 1. The maximum atomic E-state index is 12.8. The van der Waals surface area contributed by atoms with Gasteiger partial charge in [0.25, 0.3) is 0 Å². The number of hydrogen-bond donors (Lipinski definition) is 0. The molecule has 0 bridgehead atoms. The molecule has 0 aromatic heterocycles. The van der Waals surface area contributed by atoms with Crippen LogP contribution in [-0.4, -0.2) is 45.7 Å². The van der Waals surface area contributed by atoms with Crippen molar-refractivity contribution in [2.24, 2.45) is 0 Å². The molecule has 0 heterocycles. The zero-order valence-corrected chi connectivity index (χ0v) is 16.2. The first kappa shape index (κ1) is 19.8. The van der Waals surface area contributed by atoms with E-state index in [0.717, 1.165) is 21.9 Å². The predicted octanol–water partition coefficient (Wildman–Crippen LogP) is 2.51. The molecule has 2 rings (SSSR count). The highest BCUT2D eigenvalue weighted by Crippen LogP contribution is 2.21. The second kappa shape index (κ2) is 8.23. The van der Waals surface area contributed by atoms with Crippen LogP contribution in [0.25, 0.3) is 0 Å². The quantitative estimate of drug-likeness (QED) is 0.745. The van der Waals surface area contributed by atoms with Crippen molar-refractivity contribution in [2.45, 2.75) is 19.5 Å². The van der Waals surface area contributed by atoms with Crippen LogP contribution in [0.3, 0.4) is 0 Å². The molecular formula is C19H24N2O4S. The van der Waals surface area contributed by atoms with Gasteiger partial charge in [0.1, 0.15) is 11.8 Å². The average molecular weight is 376 g/mol. The highest BCUT2D eigenvalue weighted by molar-refractivity contribution is 7.92. The summed E-state index contributed by atoms with van der Waals surface area (Å²) in [5.41, 5.74) is 1.40. The predicted molar refractivity (Wildman–Crippen MR) is 103 cm³/mol. The van der Waals surface area contributed by atoms with Crippen molar-refractivity contribution in [2.75, 3.05) is 24.7 Å². The Balaban J connectivity index is 2.19. The molecule has 6 nitrogen and oxygen atoms in total. The van der Waals surface area contributed by atoms with Gasteiger partial charge in [0.05, 0.1) is 19.1 Å². The van der Waals surface area contributed by atoms with Crippen LogP contribution >= 0.6 is 0 Å². The van der Waals surface area contributed by atoms with E-state index in [2.05, 4.69) is 0 Å². The van der Waals surface area contributed by atoms with E-state index in [-0.39, 0.29) is 5.91 Å². The Hall–Kier alpha value is -2.54. The number of benzene rings is 2. The van der Waals surface area contributed by atoms with Gasteiger partial charge in [-0.2, -0.15) is 0 Å². The van der Waals surface area contributed by atoms with Crippen molar-refractivity contribution < 1.29 is 17.9 Å². The van der Waals surface area contributed by atoms with Gasteiger partial charge in [-0.1, -0.05) is 30.3 Å². The number of hydrogen-bond acceptors (Lipinski definition) is 4. The maximum Gasteiger partial charge on any atom is 0.246 e. The zero-order chi connectivity index (χ0) is 19.3. The Morgan fingerprint density at radius 3 is 2.15 bits per heavy atom. The van der Waals surface area contributed by atoms with Crippen LogP contribution in [0.15, 0.2) is 54.6 Å². The molecule has 0 N–H and O–H groups in total. The molecule has 0 aliphatic rings. The second-order valence-corrected chi connectivity index (χ2v) is 7.97. The van der Waals surface area contributed by atoms with Gasteiger partial charge >= 0.3 is 0 Å². The number of carbonyl (C=O) groups excluding carboxylic acids is 1. The largest absolute Gasteiger partial charge is 0.497 e. The molecule has 0 saturated heterocycles. The van der Waals surface area contributed by atoms with Crippen molar-refractivity contribution >= 4 is 21.6 Å². The van der Waals surface area contributed by atoms with Gasteiger partial charge in [-0.05, 0) is 36.8 Å². The molecule has 0 unspecified atom stereocenters. The summed E-state index contributed by atoms with van der Waals surface area (Å²) < 4.78 is 30.8. The summed E-state index contributed by atoms with van der Waals surface area (Å²) in [6.45, 7) is 1.97. The number of nitrogens with zero attached hydrogens (tertiary/aromatic N) is 2. The van der Waals surface area contributed by atoms with E-state index in [4.69, 9.17) is 4.74 Å². The number of likely N-dealkylation sites (N-methyl/N-ethyl adjacent to an activating group) is 1. The third-order valence-electron chi connectivity index (χ3n) is 4.03. The number of ether oxygens (including phenoxy) is 1. The van der Waals surface area contributed by atoms with Crippen molar-refractivity contribution in [1.29, 1.82) is 0 Å². The average Bonchev–Trinajstić information content (AvgIpc) is 2.61. The molecule has 0 spiro atoms. The molecule has 0 aliphatic carbocycles. The standard InChI is InChI=1S/C19H24N2O4S/c1-15(21(26(4,23)24)17-8-6-5-7-9-17)19(22)20(2)14-16-10-12-18(25-3)13-11-16/h5-13,15H,14H2,1-4H3/t15-/m1/s1. The van der Waals surface area contributed by atoms with Crippen LogP contribution in [0.2, 0.25) is 0 Å². The molecule has 0 aliphatic heterocycles. The summed E-state index contributed by atoms with van der Waals surface area (Å²) in [4.78, 5) is 14.3. The fraction of sp³-hybridized carbons (Fsp3) is 0.316. The SMILES string of the molecule is COc1ccc(CN(C)C(=O)[C@@H](C)N(c2ccccc2)S(C)(=O)=O)cc1. The first-order valence-electron chi connectivity index (χ1n) is 8.16. The lowest BCUT2D eigenvalue weighted by Crippen LogP contribution is -2.48. The summed E-state index contributed by atoms with van der Waals surface area (Å²) in [5.74, 6) is 0.457. The highest BCUT2D eigenvalue weighted by Gasteiger charge is 2.30. The van der Waals surface area contributed by atoms with Gasteiger partial charge < -0.3 is 9.64 Å². The molecule has 0 fully saturated rings. The molecule has 26 heavy (non-hydrogen) atoms. The van der Waals surface area contributed by atoms with Gasteiger partial charge in [-0.25, -0.2) is 8.42 Å². The maximum absolute atomic E-state index is 12.8. The smallest absolute Gasteiger partial charge is 0.246 e. The minimum absolute atomic E-state index is 0.282. The molecular weight excluding hydrogens is 352 g/mol. The van der Waals surface area contributed by atoms with Crippen LogP contribution in [0.5, 0.6) is 5.75 Å². The number of sulfonamides is 1. The molecule has 2 aromatic rings. The van der Waals surface area contributed by atoms with Crippen LogP contribution in [0.4, 0.5) is 5.69 Å². The third kappa shape index (κ3) is 4.76. The fourth-order valence-corrected chi connectivity index (χ4v) is 3.95. The first-order valence-corrected chi connectivity index (χ1v) is 10.0. The number of carbonyl (C=O) groups is 1. The van der Waals surface area contributed by atoms with Crippen molar-refractivity contribution in [3.8, 4) is 5.75 Å². The van der Waals surface area contributed by atoms with E-state index in [1.165, 1.54) is 4.90 Å². The monoisotopic (exact) mass is 376 g/mol. The minimum atomic E-state index is -3.61. The number of rotatable bonds is 7. The molecule has 7 heteroatoms. The Kier molecular flexibility index (Phi) is 6.26. The Morgan fingerprint density at radius 1 is 1.08 bits per heavy atom. The van der Waals surface area contributed by atoms with Gasteiger partial charge in [-0.3, -0.25) is 9.10 Å². The van der Waals surface area contributed by atoms with Crippen molar-refractivity contribution in [3.63, 3.8) is 0 Å². The van der Waals surface area contributed by atoms with Gasteiger partial charge in [0.15, 0.2) is 0 Å². The summed E-state index contributed by atoms with van der Waals surface area (Å²) in [5, 5.41) is 0. The van der Waals surface area contributed by atoms with E-state index < -0.39 is 16.1 Å². The van der Waals surface area contributed by atoms with Crippen molar-refractivity contribution in [3.05, 3.63) is 60.2 Å². The van der Waals surface area contributed by atoms with Crippen LogP contribution in [-0.2, 0) is 21.4 Å². The number of anilines is 1. The lowest BCUT2D eigenvalue weighted by atomic mass is 10.2. The number of methoxy groups -OCH3 is 1. The normalized spacial score (nSPS) is 12.3. The third-order valence-corrected chi connectivity index (χ3v) is 5.27. The zero-order valence-electron chi connectivity index (χ0n) is 15.4. The highest BCUT2D eigenvalue weighted by atomic mass is 32.2. The molecule has 1 atom stereocenters. The van der Waals surface area contributed by atoms with Crippen molar-refractivity contribution in [1.82, 2.24) is 4.90 Å². The summed E-state index contributed by atoms with van der Waals surface area (Å²) in [7, 11) is -0.354. The molecule has 0 radical (unpaired) electrons. The second-order valence-electron chi connectivity index (χ2n) is 6.11. The van der Waals surface area contributed by atoms with Crippen LogP contribution in [0.1, 0.15) is 12.5 Å². The van der Waals surface area contributed by atoms with E-state index in [9.17, 15) is 13.2 Å². The summed E-state index contributed by atoms with van der Waals surface area (Å²) >= 11 is 0. The first-order chi connectivity index (χ1) is 12.2. The summed E-state index contributed by atoms with van der Waals surface area (Å²) in [6.07, 6.45) is 1.10. The van der Waals surface area contributed by atoms with Gasteiger partial charge in [0.2, 0.25) is 15.9 Å². The lowest BCUT2D eigenvalue weighted by molar-refractivity contribution is -0.131. The van der Waals surface area contributed by atoms with Crippen LogP contribution < -0.4 is 9.04 Å². The molecule has 1 amide bonds. The van der Waals surface area contributed by atoms with E-state index in [0.29, 0.717) is 12.2 Å². The Bertz CT molecular complexity index is 836. The minimum Gasteiger partial charge on any atom is -0.497 e. The van der Waals surface area contributed by atoms with Gasteiger partial charge in [0, 0.05) is 13.6 Å². The molecule has 2 aromatic carbocycles. The van der Waals surface area contributed by atoms with E-state index in [1.807, 2.05) is 24.3 Å². The van der Waals surface area contributed by atoms with Crippen LogP contribution in [0, 0.1) is 0 Å².